The number of imidazole rings is 1. The van der Waals surface area contributed by atoms with Crippen LogP contribution in [0.2, 0.25) is 0 Å². The van der Waals surface area contributed by atoms with E-state index in [9.17, 15) is 0 Å². The third-order valence-electron chi connectivity index (χ3n) is 4.54. The van der Waals surface area contributed by atoms with Gasteiger partial charge < -0.3 is 24.3 Å². The Morgan fingerprint density at radius 2 is 1.93 bits per heavy atom. The molecule has 2 N–H and O–H groups in total. The van der Waals surface area contributed by atoms with E-state index in [1.165, 1.54) is 6.33 Å². The van der Waals surface area contributed by atoms with Crippen LogP contribution >= 0.6 is 11.8 Å². The topological polar surface area (TPSA) is 93.0 Å². The average Bonchev–Trinajstić information content (AvgIpc) is 3.43. The van der Waals surface area contributed by atoms with Crippen molar-refractivity contribution in [3.8, 4) is 11.5 Å². The second-order valence-electron chi connectivity index (χ2n) is 6.37. The van der Waals surface area contributed by atoms with Gasteiger partial charge in [-0.15, -0.1) is 0 Å². The van der Waals surface area contributed by atoms with Gasteiger partial charge in [0.1, 0.15) is 6.33 Å². The molecule has 28 heavy (non-hydrogen) atoms. The maximum Gasteiger partial charge on any atom is 0.231 e. The Bertz CT molecular complexity index is 1130. The summed E-state index contributed by atoms with van der Waals surface area (Å²) in [6, 6.07) is 9.93. The van der Waals surface area contributed by atoms with E-state index in [1.54, 1.807) is 11.8 Å². The van der Waals surface area contributed by atoms with Crippen molar-refractivity contribution in [1.29, 1.82) is 0 Å². The summed E-state index contributed by atoms with van der Waals surface area (Å²) in [5.74, 6) is 1.90. The first kappa shape index (κ1) is 16.9. The molecule has 8 nitrogen and oxygen atoms in total. The predicted molar refractivity (Wildman–Crippen MR) is 105 cm³/mol. The zero-order chi connectivity index (χ0) is 18.9. The van der Waals surface area contributed by atoms with Crippen LogP contribution in [0.5, 0.6) is 11.5 Å². The maximum atomic E-state index is 6.03. The van der Waals surface area contributed by atoms with Crippen molar-refractivity contribution in [3.63, 3.8) is 0 Å². The largest absolute Gasteiger partial charge is 0.454 e. The normalized spacial score (nSPS) is 12.7. The number of rotatable bonds is 6. The lowest BCUT2D eigenvalue weighted by Crippen LogP contribution is -2.05. The lowest BCUT2D eigenvalue weighted by molar-refractivity contribution is 0.174. The Morgan fingerprint density at radius 1 is 1.07 bits per heavy atom. The summed E-state index contributed by atoms with van der Waals surface area (Å²) in [6.07, 6.45) is 6.55. The van der Waals surface area contributed by atoms with E-state index in [0.29, 0.717) is 11.3 Å². The van der Waals surface area contributed by atoms with Gasteiger partial charge >= 0.3 is 0 Å². The smallest absolute Gasteiger partial charge is 0.231 e. The first-order valence-corrected chi connectivity index (χ1v) is 9.74. The average molecular weight is 394 g/mol. The van der Waals surface area contributed by atoms with Gasteiger partial charge in [-0.05, 0) is 36.8 Å². The number of benzene rings is 1. The summed E-state index contributed by atoms with van der Waals surface area (Å²) >= 11 is 1.55. The molecule has 5 rings (SSSR count). The minimum absolute atomic E-state index is 0.257. The molecule has 142 valence electrons. The van der Waals surface area contributed by atoms with Crippen molar-refractivity contribution >= 4 is 28.7 Å². The molecule has 0 bridgehead atoms. The number of ether oxygens (including phenoxy) is 2. The molecule has 9 heteroatoms. The second-order valence-corrected chi connectivity index (χ2v) is 7.41. The number of nitrogens with two attached hydrogens (primary N) is 1. The minimum atomic E-state index is 0.257. The Labute approximate surface area is 165 Å². The SMILES string of the molecule is Nc1ncnc2c1nc(Sc1ccc3c(c1)OCO3)n2CCCn1cccc1. The summed E-state index contributed by atoms with van der Waals surface area (Å²) < 4.78 is 15.1. The van der Waals surface area contributed by atoms with E-state index in [-0.39, 0.29) is 6.79 Å². The Morgan fingerprint density at radius 3 is 2.82 bits per heavy atom. The van der Waals surface area contributed by atoms with Crippen LogP contribution in [0.15, 0.2) is 59.1 Å². The van der Waals surface area contributed by atoms with Crippen LogP contribution in [-0.4, -0.2) is 30.9 Å². The van der Waals surface area contributed by atoms with Crippen molar-refractivity contribution in [2.24, 2.45) is 0 Å². The molecule has 0 aliphatic carbocycles. The molecule has 0 unspecified atom stereocenters. The summed E-state index contributed by atoms with van der Waals surface area (Å²) in [5, 5.41) is 0.827. The van der Waals surface area contributed by atoms with E-state index in [2.05, 4.69) is 31.5 Å². The molecule has 1 aliphatic heterocycles. The van der Waals surface area contributed by atoms with E-state index >= 15 is 0 Å². The first-order valence-electron chi connectivity index (χ1n) is 8.93. The molecule has 0 spiro atoms. The lowest BCUT2D eigenvalue weighted by atomic mass is 10.3. The number of aryl methyl sites for hydroxylation is 2. The van der Waals surface area contributed by atoms with Crippen molar-refractivity contribution in [2.45, 2.75) is 29.6 Å². The summed E-state index contributed by atoms with van der Waals surface area (Å²) in [7, 11) is 0. The van der Waals surface area contributed by atoms with E-state index in [4.69, 9.17) is 20.2 Å². The first-order chi connectivity index (χ1) is 13.8. The molecular formula is C19H18N6O2S. The van der Waals surface area contributed by atoms with Crippen molar-refractivity contribution in [3.05, 3.63) is 49.1 Å². The molecule has 1 aromatic carbocycles. The predicted octanol–water partition coefficient (Wildman–Crippen LogP) is 3.18. The summed E-state index contributed by atoms with van der Waals surface area (Å²) in [5.41, 5.74) is 7.42. The van der Waals surface area contributed by atoms with Crippen LogP contribution in [0.3, 0.4) is 0 Å². The molecule has 4 aromatic rings. The zero-order valence-corrected chi connectivity index (χ0v) is 15.8. The number of hydrogen-bond acceptors (Lipinski definition) is 7. The van der Waals surface area contributed by atoms with Gasteiger partial charge in [-0.2, -0.15) is 0 Å². The Hall–Kier alpha value is -3.20. The van der Waals surface area contributed by atoms with Gasteiger partial charge in [0.25, 0.3) is 0 Å². The number of aromatic nitrogens is 5. The molecule has 3 aromatic heterocycles. The van der Waals surface area contributed by atoms with Crippen LogP contribution in [0, 0.1) is 0 Å². The Balaban J connectivity index is 1.45. The maximum absolute atomic E-state index is 6.03. The summed E-state index contributed by atoms with van der Waals surface area (Å²) in [4.78, 5) is 14.2. The standard InChI is InChI=1S/C19H18N6O2S/c20-17-16-18(22-11-21-17)25(9-3-8-24-6-1-2-7-24)19(23-16)28-13-4-5-14-15(10-13)27-12-26-14/h1-2,4-7,10-11H,3,8-9,12H2,(H2,20,21,22). The van der Waals surface area contributed by atoms with E-state index in [1.807, 2.05) is 30.3 Å². The molecule has 0 fully saturated rings. The van der Waals surface area contributed by atoms with Crippen LogP contribution in [0.25, 0.3) is 11.2 Å². The van der Waals surface area contributed by atoms with Crippen molar-refractivity contribution < 1.29 is 9.47 Å². The highest BCUT2D eigenvalue weighted by molar-refractivity contribution is 7.99. The molecule has 0 saturated carbocycles. The second kappa shape index (κ2) is 7.08. The van der Waals surface area contributed by atoms with E-state index in [0.717, 1.165) is 46.7 Å². The third-order valence-corrected chi connectivity index (χ3v) is 5.53. The number of hydrogen-bond donors (Lipinski definition) is 1. The third kappa shape index (κ3) is 3.13. The van der Waals surface area contributed by atoms with Crippen LogP contribution in [0.4, 0.5) is 5.82 Å². The van der Waals surface area contributed by atoms with Gasteiger partial charge in [-0.25, -0.2) is 15.0 Å². The molecular weight excluding hydrogens is 376 g/mol. The molecule has 4 heterocycles. The number of anilines is 1. The van der Waals surface area contributed by atoms with Crippen LogP contribution in [-0.2, 0) is 13.1 Å². The summed E-state index contributed by atoms with van der Waals surface area (Å²) in [6.45, 7) is 1.95. The van der Waals surface area contributed by atoms with Gasteiger partial charge in [-0.3, -0.25) is 0 Å². The highest BCUT2D eigenvalue weighted by Gasteiger charge is 2.18. The zero-order valence-electron chi connectivity index (χ0n) is 15.0. The van der Waals surface area contributed by atoms with Crippen molar-refractivity contribution in [1.82, 2.24) is 24.1 Å². The molecule has 0 radical (unpaired) electrons. The minimum Gasteiger partial charge on any atom is -0.454 e. The highest BCUT2D eigenvalue weighted by atomic mass is 32.2. The van der Waals surface area contributed by atoms with Gasteiger partial charge in [0.2, 0.25) is 6.79 Å². The molecule has 0 saturated heterocycles. The van der Waals surface area contributed by atoms with Gasteiger partial charge in [0, 0.05) is 30.4 Å². The molecule has 1 aliphatic rings. The van der Waals surface area contributed by atoms with Crippen molar-refractivity contribution in [2.75, 3.05) is 12.5 Å². The fourth-order valence-corrected chi connectivity index (χ4v) is 4.13. The van der Waals surface area contributed by atoms with Gasteiger partial charge in [0.05, 0.1) is 0 Å². The van der Waals surface area contributed by atoms with E-state index < -0.39 is 0 Å². The van der Waals surface area contributed by atoms with Gasteiger partial charge in [-0.1, -0.05) is 11.8 Å². The van der Waals surface area contributed by atoms with Crippen LogP contribution in [0.1, 0.15) is 6.42 Å². The molecule has 0 atom stereocenters. The fraction of sp³-hybridized carbons (Fsp3) is 0.211. The lowest BCUT2D eigenvalue weighted by Gasteiger charge is -2.09. The Kier molecular flexibility index (Phi) is 4.28. The van der Waals surface area contributed by atoms with Gasteiger partial charge in [0.15, 0.2) is 33.6 Å². The monoisotopic (exact) mass is 394 g/mol. The van der Waals surface area contributed by atoms with Crippen LogP contribution < -0.4 is 15.2 Å². The highest BCUT2D eigenvalue weighted by Crippen LogP contribution is 2.38. The number of nitrogen functional groups attached to an aromatic ring is 1. The number of nitrogens with zero attached hydrogens (tertiary/aromatic N) is 5. The fourth-order valence-electron chi connectivity index (χ4n) is 3.19. The molecule has 0 amide bonds. The number of fused-ring (bicyclic) bond motifs is 2. The quantitative estimate of drug-likeness (QED) is 0.537.